The van der Waals surface area contributed by atoms with Crippen LogP contribution in [0.3, 0.4) is 0 Å². The maximum Gasteiger partial charge on any atom is 0.318 e. The van der Waals surface area contributed by atoms with Gasteiger partial charge in [-0.3, -0.25) is 4.79 Å². The first kappa shape index (κ1) is 28.8. The zero-order valence-electron chi connectivity index (χ0n) is 23.8. The Morgan fingerprint density at radius 2 is 1.93 bits per heavy atom. The number of hydrogen-bond acceptors (Lipinski definition) is 8. The smallest absolute Gasteiger partial charge is 0.318 e. The lowest BCUT2D eigenvalue weighted by atomic mass is 10.0. The van der Waals surface area contributed by atoms with Crippen molar-refractivity contribution in [1.82, 2.24) is 19.8 Å². The number of ether oxygens (including phenoxy) is 1. The number of nitriles is 1. The van der Waals surface area contributed by atoms with Gasteiger partial charge in [-0.1, -0.05) is 35.9 Å². The first-order valence-corrected chi connectivity index (χ1v) is 15.5. The Labute approximate surface area is 256 Å². The molecule has 0 radical (unpaired) electrons. The number of anilines is 2. The highest BCUT2D eigenvalue weighted by molar-refractivity contribution is 6.36. The topological polar surface area (TPSA) is 88.8 Å². The Hall–Kier alpha value is -3.32. The fourth-order valence-electron chi connectivity index (χ4n) is 6.55. The first-order chi connectivity index (χ1) is 20.5. The van der Waals surface area contributed by atoms with Gasteiger partial charge in [0.1, 0.15) is 18.3 Å². The first-order valence-electron chi connectivity index (χ1n) is 14.6. The van der Waals surface area contributed by atoms with E-state index in [1.807, 2.05) is 12.1 Å². The van der Waals surface area contributed by atoms with Crippen LogP contribution in [0, 0.1) is 11.3 Å². The molecule has 6 rings (SSSR count). The van der Waals surface area contributed by atoms with Crippen molar-refractivity contribution in [2.45, 2.75) is 44.3 Å². The molecule has 3 aromatic rings. The number of carbonyl (C=O) groups is 1. The van der Waals surface area contributed by atoms with Crippen molar-refractivity contribution in [2.75, 3.05) is 62.1 Å². The molecule has 0 aliphatic carbocycles. The predicted octanol–water partition coefficient (Wildman–Crippen LogP) is 4.49. The van der Waals surface area contributed by atoms with Gasteiger partial charge in [0.15, 0.2) is 0 Å². The van der Waals surface area contributed by atoms with Crippen molar-refractivity contribution < 1.29 is 9.53 Å². The minimum absolute atomic E-state index is 0.0908. The Balaban J connectivity index is 1.34. The number of likely N-dealkylation sites (tertiary alicyclic amines) is 1. The second-order valence-corrected chi connectivity index (χ2v) is 12.0. The molecular weight excluding hydrogens is 573 g/mol. The Morgan fingerprint density at radius 1 is 1.10 bits per heavy atom. The predicted molar refractivity (Wildman–Crippen MR) is 166 cm³/mol. The van der Waals surface area contributed by atoms with Crippen LogP contribution in [0.5, 0.6) is 6.01 Å². The number of alkyl halides is 1. The number of likely N-dealkylation sites (N-methyl/N-ethyl adjacent to an activating group) is 1. The highest BCUT2D eigenvalue weighted by Gasteiger charge is 2.34. The van der Waals surface area contributed by atoms with Crippen molar-refractivity contribution in [2.24, 2.45) is 0 Å². The average molecular weight is 609 g/mol. The van der Waals surface area contributed by atoms with Gasteiger partial charge >= 0.3 is 6.01 Å². The fourth-order valence-corrected chi connectivity index (χ4v) is 6.99. The average Bonchev–Trinajstić information content (AvgIpc) is 3.43. The van der Waals surface area contributed by atoms with Gasteiger partial charge in [0.05, 0.1) is 35.8 Å². The van der Waals surface area contributed by atoms with Gasteiger partial charge in [0.25, 0.3) is 0 Å². The molecule has 2 aromatic carbocycles. The van der Waals surface area contributed by atoms with Gasteiger partial charge < -0.3 is 24.3 Å². The molecule has 1 amide bonds. The van der Waals surface area contributed by atoms with Crippen molar-refractivity contribution >= 4 is 51.4 Å². The number of piperazine rings is 1. The molecule has 9 nitrogen and oxygen atoms in total. The van der Waals surface area contributed by atoms with E-state index in [0.717, 1.165) is 70.9 Å². The molecule has 0 saturated carbocycles. The minimum Gasteiger partial charge on any atom is -0.462 e. The quantitative estimate of drug-likeness (QED) is 0.363. The molecule has 220 valence electrons. The van der Waals surface area contributed by atoms with E-state index in [0.29, 0.717) is 44.8 Å². The fraction of sp³-hybridized carbons (Fsp3) is 0.484. The second-order valence-electron chi connectivity index (χ2n) is 11.3. The summed E-state index contributed by atoms with van der Waals surface area (Å²) in [6.07, 6.45) is 3.24. The molecule has 0 spiro atoms. The third kappa shape index (κ3) is 5.68. The van der Waals surface area contributed by atoms with E-state index in [1.165, 1.54) is 0 Å². The number of halogens is 2. The molecule has 1 aromatic heterocycles. The van der Waals surface area contributed by atoms with E-state index < -0.39 is 0 Å². The highest BCUT2D eigenvalue weighted by Crippen LogP contribution is 2.37. The second kappa shape index (κ2) is 12.5. The lowest BCUT2D eigenvalue weighted by Crippen LogP contribution is -2.56. The summed E-state index contributed by atoms with van der Waals surface area (Å²) in [5.74, 6) is 0.605. The lowest BCUT2D eigenvalue weighted by Gasteiger charge is -2.42. The van der Waals surface area contributed by atoms with Crippen LogP contribution in [-0.4, -0.2) is 90.0 Å². The van der Waals surface area contributed by atoms with Crippen LogP contribution in [0.1, 0.15) is 30.5 Å². The van der Waals surface area contributed by atoms with Crippen molar-refractivity contribution in [3.05, 3.63) is 52.7 Å². The van der Waals surface area contributed by atoms with Crippen LogP contribution >= 0.6 is 23.2 Å². The molecule has 2 atom stereocenters. The molecule has 4 heterocycles. The summed E-state index contributed by atoms with van der Waals surface area (Å²) in [5, 5.41) is 12.4. The maximum atomic E-state index is 12.5. The largest absolute Gasteiger partial charge is 0.462 e. The molecule has 3 aliphatic rings. The number of rotatable bonds is 7. The summed E-state index contributed by atoms with van der Waals surface area (Å²) in [4.78, 5) is 31.0. The summed E-state index contributed by atoms with van der Waals surface area (Å²) in [7, 11) is 2.13. The number of aromatic nitrogens is 2. The van der Waals surface area contributed by atoms with Gasteiger partial charge in [0.2, 0.25) is 5.91 Å². The van der Waals surface area contributed by atoms with Crippen LogP contribution in [0.4, 0.5) is 11.5 Å². The Morgan fingerprint density at radius 3 is 2.69 bits per heavy atom. The van der Waals surface area contributed by atoms with Gasteiger partial charge in [0, 0.05) is 48.9 Å². The standard InChI is InChI=1S/C31H35Cl2N7O2/c1-37-13-4-7-23(37)20-42-31-35-26-19-38(27-9-3-6-21-5-2-8-25(33)29(21)27)14-11-24(26)30(36-31)39-15-16-40(28(41)17-32)22(18-39)10-12-34/h2-3,5-6,8-9,22-23H,4,7,10-11,13-20H2,1H3/t22-,23-/m0/s1. The van der Waals surface area contributed by atoms with Crippen LogP contribution in [0.2, 0.25) is 5.02 Å². The van der Waals surface area contributed by atoms with Crippen LogP contribution in [-0.2, 0) is 17.8 Å². The summed E-state index contributed by atoms with van der Waals surface area (Å²) in [6.45, 7) is 4.58. The van der Waals surface area contributed by atoms with E-state index in [1.54, 1.807) is 4.90 Å². The zero-order chi connectivity index (χ0) is 29.2. The molecule has 0 bridgehead atoms. The summed E-state index contributed by atoms with van der Waals surface area (Å²) in [5.41, 5.74) is 3.11. The van der Waals surface area contributed by atoms with E-state index in [9.17, 15) is 10.1 Å². The maximum absolute atomic E-state index is 12.5. The molecule has 11 heteroatoms. The lowest BCUT2D eigenvalue weighted by molar-refractivity contribution is -0.131. The minimum atomic E-state index is -0.255. The molecule has 0 unspecified atom stereocenters. The van der Waals surface area contributed by atoms with Crippen LogP contribution in [0.15, 0.2) is 36.4 Å². The summed E-state index contributed by atoms with van der Waals surface area (Å²) in [6, 6.07) is 15.0. The number of amides is 1. The number of hydrogen-bond donors (Lipinski definition) is 0. The van der Waals surface area contributed by atoms with Gasteiger partial charge in [-0.25, -0.2) is 0 Å². The van der Waals surface area contributed by atoms with Crippen molar-refractivity contribution in [3.8, 4) is 12.1 Å². The zero-order valence-corrected chi connectivity index (χ0v) is 25.3. The van der Waals surface area contributed by atoms with Crippen molar-refractivity contribution in [1.29, 1.82) is 5.26 Å². The highest BCUT2D eigenvalue weighted by atomic mass is 35.5. The van der Waals surface area contributed by atoms with Crippen LogP contribution < -0.4 is 14.5 Å². The number of carbonyl (C=O) groups excluding carboxylic acids is 1. The Kier molecular flexibility index (Phi) is 8.57. The van der Waals surface area contributed by atoms with E-state index >= 15 is 0 Å². The van der Waals surface area contributed by atoms with E-state index in [4.69, 9.17) is 37.9 Å². The Bertz CT molecular complexity index is 1510. The normalized spacial score (nSPS) is 21.0. The SMILES string of the molecule is CN1CCC[C@H]1COc1nc2c(c(N3CCN(C(=O)CCl)[C@@H](CC#N)C3)n1)CCN(c1cccc3cccc(Cl)c13)C2. The third-order valence-corrected chi connectivity index (χ3v) is 9.36. The van der Waals surface area contributed by atoms with E-state index in [-0.39, 0.29) is 24.2 Å². The van der Waals surface area contributed by atoms with Gasteiger partial charge in [-0.2, -0.15) is 15.2 Å². The van der Waals surface area contributed by atoms with Gasteiger partial charge in [-0.15, -0.1) is 11.6 Å². The summed E-state index contributed by atoms with van der Waals surface area (Å²) < 4.78 is 6.27. The molecule has 42 heavy (non-hydrogen) atoms. The molecule has 3 aliphatic heterocycles. The molecule has 2 fully saturated rings. The molecule has 0 N–H and O–H groups in total. The van der Waals surface area contributed by atoms with E-state index in [2.05, 4.69) is 52.1 Å². The third-order valence-electron chi connectivity index (χ3n) is 8.82. The van der Waals surface area contributed by atoms with Crippen LogP contribution in [0.25, 0.3) is 10.8 Å². The number of nitrogens with zero attached hydrogens (tertiary/aromatic N) is 7. The van der Waals surface area contributed by atoms with Gasteiger partial charge in [-0.05, 0) is 50.4 Å². The molecule has 2 saturated heterocycles. The molecular formula is C31H35Cl2N7O2. The summed E-state index contributed by atoms with van der Waals surface area (Å²) >= 11 is 12.6. The van der Waals surface area contributed by atoms with Crippen molar-refractivity contribution in [3.63, 3.8) is 0 Å². The monoisotopic (exact) mass is 607 g/mol. The number of fused-ring (bicyclic) bond motifs is 2. The number of benzene rings is 2.